The van der Waals surface area contributed by atoms with Crippen molar-refractivity contribution in [2.24, 2.45) is 7.05 Å². The van der Waals surface area contributed by atoms with Crippen LogP contribution >= 0.6 is 0 Å². The first kappa shape index (κ1) is 16.3. The molecule has 1 saturated heterocycles. The lowest BCUT2D eigenvalue weighted by Gasteiger charge is -2.35. The fraction of sp³-hybridized carbons (Fsp3) is 0.421. The summed E-state index contributed by atoms with van der Waals surface area (Å²) >= 11 is 0. The van der Waals surface area contributed by atoms with Gasteiger partial charge in [0.1, 0.15) is 0 Å². The smallest absolute Gasteiger partial charge is 0.288 e. The lowest BCUT2D eigenvalue weighted by molar-refractivity contribution is 0.568. The van der Waals surface area contributed by atoms with Gasteiger partial charge in [0.2, 0.25) is 17.7 Å². The zero-order valence-electron chi connectivity index (χ0n) is 15.2. The Hall–Kier alpha value is -2.90. The largest absolute Gasteiger partial charge is 0.339 e. The molecule has 140 valence electrons. The summed E-state index contributed by atoms with van der Waals surface area (Å²) in [5, 5.41) is 0. The predicted octanol–water partition coefficient (Wildman–Crippen LogP) is 2.00. The van der Waals surface area contributed by atoms with Crippen molar-refractivity contribution in [3.63, 3.8) is 0 Å². The van der Waals surface area contributed by atoms with Crippen molar-refractivity contribution >= 4 is 22.9 Å². The van der Waals surface area contributed by atoms with Gasteiger partial charge in [0.25, 0.3) is 5.56 Å². The van der Waals surface area contributed by atoms with Gasteiger partial charge < -0.3 is 14.4 Å². The molecule has 1 aromatic carbocycles. The maximum Gasteiger partial charge on any atom is 0.288 e. The molecule has 3 heterocycles. The molecule has 2 fully saturated rings. The minimum Gasteiger partial charge on any atom is -0.339 e. The molecule has 5 rings (SSSR count). The van der Waals surface area contributed by atoms with E-state index in [-0.39, 0.29) is 5.92 Å². The summed E-state index contributed by atoms with van der Waals surface area (Å²) in [6.07, 6.45) is 1.82. The number of hydrogen-bond donors (Lipinski definition) is 1. The van der Waals surface area contributed by atoms with E-state index in [9.17, 15) is 9.18 Å². The van der Waals surface area contributed by atoms with Crippen LogP contribution in [0.15, 0.2) is 29.1 Å². The van der Waals surface area contributed by atoms with Crippen molar-refractivity contribution in [2.45, 2.75) is 18.8 Å². The molecule has 1 aliphatic carbocycles. The number of piperazine rings is 1. The number of anilines is 2. The second-order valence-electron chi connectivity index (χ2n) is 7.30. The predicted molar refractivity (Wildman–Crippen MR) is 102 cm³/mol. The van der Waals surface area contributed by atoms with Crippen molar-refractivity contribution in [3.8, 4) is 0 Å². The average molecular weight is 368 g/mol. The number of aryl methyl sites for hydroxylation is 1. The van der Waals surface area contributed by atoms with Crippen LogP contribution < -0.4 is 15.4 Å². The van der Waals surface area contributed by atoms with Crippen LogP contribution in [0.4, 0.5) is 16.3 Å². The SMILES string of the molecule is Cn1c(N2CCN(c3nc(C4CC4)c(F)c(=O)[nH]3)CC2)nc2ccccc21. The maximum atomic E-state index is 14.0. The van der Waals surface area contributed by atoms with Gasteiger partial charge in [-0.1, -0.05) is 12.1 Å². The highest BCUT2D eigenvalue weighted by atomic mass is 19.1. The molecule has 8 heteroatoms. The van der Waals surface area contributed by atoms with E-state index in [1.54, 1.807) is 0 Å². The van der Waals surface area contributed by atoms with Crippen molar-refractivity contribution in [3.05, 3.63) is 46.1 Å². The van der Waals surface area contributed by atoms with Gasteiger partial charge >= 0.3 is 0 Å². The maximum absolute atomic E-state index is 14.0. The number of H-pyrrole nitrogens is 1. The molecule has 0 spiro atoms. The van der Waals surface area contributed by atoms with Crippen LogP contribution in [-0.4, -0.2) is 45.7 Å². The minimum absolute atomic E-state index is 0.104. The Morgan fingerprint density at radius 1 is 1.07 bits per heavy atom. The van der Waals surface area contributed by atoms with Crippen molar-refractivity contribution in [1.82, 2.24) is 19.5 Å². The first-order valence-corrected chi connectivity index (χ1v) is 9.33. The Balaban J connectivity index is 1.37. The number of para-hydroxylation sites is 2. The Kier molecular flexibility index (Phi) is 3.66. The van der Waals surface area contributed by atoms with E-state index in [1.165, 1.54) is 0 Å². The zero-order chi connectivity index (χ0) is 18.5. The topological polar surface area (TPSA) is 70.1 Å². The molecule has 2 aliphatic rings. The molecule has 0 amide bonds. The lowest BCUT2D eigenvalue weighted by atomic mass is 10.2. The van der Waals surface area contributed by atoms with E-state index >= 15 is 0 Å². The van der Waals surface area contributed by atoms with Gasteiger partial charge in [-0.25, -0.2) is 9.97 Å². The monoisotopic (exact) mass is 368 g/mol. The molecule has 0 bridgehead atoms. The normalized spacial score (nSPS) is 17.7. The van der Waals surface area contributed by atoms with E-state index in [1.807, 2.05) is 30.1 Å². The number of benzene rings is 1. The summed E-state index contributed by atoms with van der Waals surface area (Å²) in [5.74, 6) is 0.801. The molecule has 1 aliphatic heterocycles. The van der Waals surface area contributed by atoms with Gasteiger partial charge in [0.05, 0.1) is 16.7 Å². The third-order valence-electron chi connectivity index (χ3n) is 5.47. The van der Waals surface area contributed by atoms with Gasteiger partial charge in [0.15, 0.2) is 0 Å². The molecular formula is C19H21FN6O. The highest BCUT2D eigenvalue weighted by Crippen LogP contribution is 2.39. The van der Waals surface area contributed by atoms with Crippen molar-refractivity contribution < 1.29 is 4.39 Å². The number of aromatic nitrogens is 4. The molecule has 0 atom stereocenters. The average Bonchev–Trinajstić information content (AvgIpc) is 3.48. The summed E-state index contributed by atoms with van der Waals surface area (Å²) in [6.45, 7) is 2.91. The number of nitrogens with one attached hydrogen (secondary N) is 1. The van der Waals surface area contributed by atoms with Crippen LogP contribution in [0.25, 0.3) is 11.0 Å². The van der Waals surface area contributed by atoms with Crippen LogP contribution in [0.3, 0.4) is 0 Å². The Bertz CT molecular complexity index is 1060. The molecule has 1 saturated carbocycles. The number of nitrogens with zero attached hydrogens (tertiary/aromatic N) is 5. The fourth-order valence-electron chi connectivity index (χ4n) is 3.77. The van der Waals surface area contributed by atoms with E-state index in [4.69, 9.17) is 4.98 Å². The van der Waals surface area contributed by atoms with Gasteiger partial charge in [0, 0.05) is 39.1 Å². The number of halogens is 1. The molecule has 1 N–H and O–H groups in total. The number of hydrogen-bond acceptors (Lipinski definition) is 5. The summed E-state index contributed by atoms with van der Waals surface area (Å²) in [5.41, 5.74) is 1.75. The second kappa shape index (κ2) is 6.07. The minimum atomic E-state index is -0.723. The third kappa shape index (κ3) is 2.75. The summed E-state index contributed by atoms with van der Waals surface area (Å²) in [4.78, 5) is 28.0. The molecule has 2 aromatic heterocycles. The second-order valence-corrected chi connectivity index (χ2v) is 7.30. The van der Waals surface area contributed by atoms with E-state index in [2.05, 4.69) is 25.5 Å². The Morgan fingerprint density at radius 2 is 1.78 bits per heavy atom. The van der Waals surface area contributed by atoms with Crippen LogP contribution in [0.1, 0.15) is 24.5 Å². The quantitative estimate of drug-likeness (QED) is 0.766. The Labute approximate surface area is 155 Å². The molecule has 0 radical (unpaired) electrons. The highest BCUT2D eigenvalue weighted by Gasteiger charge is 2.31. The van der Waals surface area contributed by atoms with E-state index in [0.29, 0.717) is 24.7 Å². The van der Waals surface area contributed by atoms with Crippen LogP contribution in [-0.2, 0) is 7.05 Å². The van der Waals surface area contributed by atoms with Gasteiger partial charge in [-0.05, 0) is 25.0 Å². The zero-order valence-corrected chi connectivity index (χ0v) is 15.2. The summed E-state index contributed by atoms with van der Waals surface area (Å²) in [6, 6.07) is 8.08. The van der Waals surface area contributed by atoms with Gasteiger partial charge in [-0.2, -0.15) is 4.39 Å². The van der Waals surface area contributed by atoms with E-state index < -0.39 is 11.4 Å². The number of fused-ring (bicyclic) bond motifs is 1. The number of imidazole rings is 1. The molecule has 0 unspecified atom stereocenters. The van der Waals surface area contributed by atoms with Gasteiger partial charge in [-0.15, -0.1) is 0 Å². The van der Waals surface area contributed by atoms with E-state index in [0.717, 1.165) is 42.9 Å². The molecule has 27 heavy (non-hydrogen) atoms. The summed E-state index contributed by atoms with van der Waals surface area (Å²) < 4.78 is 16.1. The van der Waals surface area contributed by atoms with Crippen LogP contribution in [0, 0.1) is 5.82 Å². The molecule has 3 aromatic rings. The first-order valence-electron chi connectivity index (χ1n) is 9.33. The fourth-order valence-corrected chi connectivity index (χ4v) is 3.77. The Morgan fingerprint density at radius 3 is 2.48 bits per heavy atom. The van der Waals surface area contributed by atoms with Crippen LogP contribution in [0.2, 0.25) is 0 Å². The summed E-state index contributed by atoms with van der Waals surface area (Å²) in [7, 11) is 2.03. The number of rotatable bonds is 3. The van der Waals surface area contributed by atoms with Crippen LogP contribution in [0.5, 0.6) is 0 Å². The molecule has 7 nitrogen and oxygen atoms in total. The standard InChI is InChI=1S/C19H21FN6O/c1-24-14-5-3-2-4-13(14)21-19(24)26-10-8-25(9-11-26)18-22-16(12-6-7-12)15(20)17(27)23-18/h2-5,12H,6-11H2,1H3,(H,22,23,27). The molecular weight excluding hydrogens is 347 g/mol. The first-order chi connectivity index (χ1) is 13.1. The van der Waals surface area contributed by atoms with Crippen molar-refractivity contribution in [2.75, 3.05) is 36.0 Å². The van der Waals surface area contributed by atoms with Crippen molar-refractivity contribution in [1.29, 1.82) is 0 Å². The van der Waals surface area contributed by atoms with Gasteiger partial charge in [-0.3, -0.25) is 9.78 Å². The number of aromatic amines is 1. The third-order valence-corrected chi connectivity index (χ3v) is 5.47. The lowest BCUT2D eigenvalue weighted by Crippen LogP contribution is -2.48. The highest BCUT2D eigenvalue weighted by molar-refractivity contribution is 5.78.